The molecular formula is C16H14N4O3. The van der Waals surface area contributed by atoms with Crippen molar-refractivity contribution in [1.29, 1.82) is 0 Å². The molecule has 116 valence electrons. The molecule has 2 aromatic heterocycles. The van der Waals surface area contributed by atoms with Crippen molar-refractivity contribution in [3.63, 3.8) is 0 Å². The highest BCUT2D eigenvalue weighted by atomic mass is 16.5. The highest BCUT2D eigenvalue weighted by molar-refractivity contribution is 5.89. The molecule has 0 spiro atoms. The molecule has 0 amide bonds. The number of ether oxygens (including phenoxy) is 2. The molecule has 3 aromatic rings. The van der Waals surface area contributed by atoms with Gasteiger partial charge in [-0.15, -0.1) is 0 Å². The molecule has 0 saturated carbocycles. The van der Waals surface area contributed by atoms with Gasteiger partial charge in [0.2, 0.25) is 0 Å². The second kappa shape index (κ2) is 6.69. The standard InChI is InChI=1S/C16H14N4O3/c1-22-16(21)13-4-2-3-12(7-13)9-23-14-5-6-15(18-8-14)20-11-17-10-19-20/h2-8,10-11H,9H2,1H3. The van der Waals surface area contributed by atoms with Gasteiger partial charge in [0, 0.05) is 0 Å². The minimum atomic E-state index is -0.370. The van der Waals surface area contributed by atoms with E-state index in [1.54, 1.807) is 47.5 Å². The lowest BCUT2D eigenvalue weighted by Crippen LogP contribution is -2.03. The number of esters is 1. The van der Waals surface area contributed by atoms with Gasteiger partial charge in [-0.05, 0) is 29.8 Å². The summed E-state index contributed by atoms with van der Waals surface area (Å²) in [4.78, 5) is 19.6. The van der Waals surface area contributed by atoms with Crippen LogP contribution in [0.15, 0.2) is 55.2 Å². The topological polar surface area (TPSA) is 79.1 Å². The van der Waals surface area contributed by atoms with E-state index in [0.717, 1.165) is 5.56 Å². The van der Waals surface area contributed by atoms with Gasteiger partial charge in [0.25, 0.3) is 0 Å². The summed E-state index contributed by atoms with van der Waals surface area (Å²) < 4.78 is 11.9. The lowest BCUT2D eigenvalue weighted by Gasteiger charge is -2.08. The second-order valence-corrected chi connectivity index (χ2v) is 4.67. The summed E-state index contributed by atoms with van der Waals surface area (Å²) in [6.07, 6.45) is 4.63. The quantitative estimate of drug-likeness (QED) is 0.671. The van der Waals surface area contributed by atoms with Gasteiger partial charge < -0.3 is 9.47 Å². The zero-order valence-corrected chi connectivity index (χ0v) is 12.4. The Hall–Kier alpha value is -3.22. The van der Waals surface area contributed by atoms with Gasteiger partial charge in [-0.1, -0.05) is 12.1 Å². The summed E-state index contributed by atoms with van der Waals surface area (Å²) in [6, 6.07) is 10.7. The van der Waals surface area contributed by atoms with Crippen molar-refractivity contribution in [3.05, 3.63) is 66.4 Å². The fourth-order valence-corrected chi connectivity index (χ4v) is 1.99. The lowest BCUT2D eigenvalue weighted by atomic mass is 10.1. The van der Waals surface area contributed by atoms with E-state index in [2.05, 4.69) is 15.1 Å². The maximum absolute atomic E-state index is 11.5. The molecule has 0 unspecified atom stereocenters. The Bertz CT molecular complexity index is 785. The van der Waals surface area contributed by atoms with Crippen LogP contribution in [0.2, 0.25) is 0 Å². The highest BCUT2D eigenvalue weighted by Gasteiger charge is 2.06. The number of carbonyl (C=O) groups is 1. The third-order valence-corrected chi connectivity index (χ3v) is 3.13. The Morgan fingerprint density at radius 1 is 1.26 bits per heavy atom. The molecule has 0 aliphatic rings. The molecule has 0 aliphatic heterocycles. The Kier molecular flexibility index (Phi) is 4.28. The third-order valence-electron chi connectivity index (χ3n) is 3.13. The monoisotopic (exact) mass is 310 g/mol. The van der Waals surface area contributed by atoms with Crippen LogP contribution in [0.1, 0.15) is 15.9 Å². The van der Waals surface area contributed by atoms with Crippen LogP contribution < -0.4 is 4.74 Å². The van der Waals surface area contributed by atoms with Crippen LogP contribution in [0.5, 0.6) is 5.75 Å². The number of carbonyl (C=O) groups excluding carboxylic acids is 1. The van der Waals surface area contributed by atoms with E-state index in [-0.39, 0.29) is 5.97 Å². The fourth-order valence-electron chi connectivity index (χ4n) is 1.99. The first-order valence-corrected chi connectivity index (χ1v) is 6.87. The normalized spacial score (nSPS) is 10.3. The summed E-state index contributed by atoms with van der Waals surface area (Å²) in [5.74, 6) is 0.908. The predicted molar refractivity (Wildman–Crippen MR) is 81.3 cm³/mol. The smallest absolute Gasteiger partial charge is 0.337 e. The Labute approximate surface area is 132 Å². The van der Waals surface area contributed by atoms with E-state index in [9.17, 15) is 4.79 Å². The van der Waals surface area contributed by atoms with Crippen LogP contribution >= 0.6 is 0 Å². The van der Waals surface area contributed by atoms with E-state index < -0.39 is 0 Å². The number of methoxy groups -OCH3 is 1. The predicted octanol–water partition coefficient (Wildman–Crippen LogP) is 2.03. The molecule has 0 fully saturated rings. The first-order valence-electron chi connectivity index (χ1n) is 6.87. The van der Waals surface area contributed by atoms with Gasteiger partial charge in [-0.25, -0.2) is 19.4 Å². The average molecular weight is 310 g/mol. The SMILES string of the molecule is COC(=O)c1cccc(COc2ccc(-n3cncn3)nc2)c1. The van der Waals surface area contributed by atoms with E-state index in [0.29, 0.717) is 23.7 Å². The molecule has 0 radical (unpaired) electrons. The van der Waals surface area contributed by atoms with Crippen molar-refractivity contribution in [3.8, 4) is 11.6 Å². The molecule has 1 aromatic carbocycles. The van der Waals surface area contributed by atoms with Crippen LogP contribution in [0.3, 0.4) is 0 Å². The van der Waals surface area contributed by atoms with Gasteiger partial charge in [0.1, 0.15) is 25.0 Å². The fraction of sp³-hybridized carbons (Fsp3) is 0.125. The summed E-state index contributed by atoms with van der Waals surface area (Å²) in [7, 11) is 1.36. The zero-order chi connectivity index (χ0) is 16.1. The van der Waals surface area contributed by atoms with Crippen molar-refractivity contribution in [1.82, 2.24) is 19.7 Å². The number of hydrogen-bond acceptors (Lipinski definition) is 6. The van der Waals surface area contributed by atoms with Crippen LogP contribution in [-0.2, 0) is 11.3 Å². The van der Waals surface area contributed by atoms with Crippen molar-refractivity contribution < 1.29 is 14.3 Å². The van der Waals surface area contributed by atoms with Gasteiger partial charge in [-0.2, -0.15) is 5.10 Å². The van der Waals surface area contributed by atoms with Crippen LogP contribution in [-0.4, -0.2) is 32.8 Å². The minimum absolute atomic E-state index is 0.329. The van der Waals surface area contributed by atoms with Crippen LogP contribution in [0.4, 0.5) is 0 Å². The Morgan fingerprint density at radius 3 is 2.87 bits per heavy atom. The Morgan fingerprint density at radius 2 is 2.17 bits per heavy atom. The first kappa shape index (κ1) is 14.7. The molecule has 2 heterocycles. The minimum Gasteiger partial charge on any atom is -0.487 e. The second-order valence-electron chi connectivity index (χ2n) is 4.67. The largest absolute Gasteiger partial charge is 0.487 e. The summed E-state index contributed by atoms with van der Waals surface area (Å²) >= 11 is 0. The van der Waals surface area contributed by atoms with E-state index in [1.807, 2.05) is 6.07 Å². The maximum atomic E-state index is 11.5. The van der Waals surface area contributed by atoms with Crippen molar-refractivity contribution in [2.24, 2.45) is 0 Å². The van der Waals surface area contributed by atoms with Gasteiger partial charge >= 0.3 is 5.97 Å². The van der Waals surface area contributed by atoms with Crippen molar-refractivity contribution in [2.75, 3.05) is 7.11 Å². The van der Waals surface area contributed by atoms with Gasteiger partial charge in [0.05, 0.1) is 18.9 Å². The van der Waals surface area contributed by atoms with Crippen molar-refractivity contribution >= 4 is 5.97 Å². The molecule has 0 N–H and O–H groups in total. The summed E-state index contributed by atoms with van der Waals surface area (Å²) in [5.41, 5.74) is 1.36. The molecule has 0 aliphatic carbocycles. The van der Waals surface area contributed by atoms with Crippen molar-refractivity contribution in [2.45, 2.75) is 6.61 Å². The number of pyridine rings is 1. The Balaban J connectivity index is 1.65. The number of rotatable bonds is 5. The van der Waals surface area contributed by atoms with Gasteiger partial charge in [-0.3, -0.25) is 0 Å². The summed E-state index contributed by atoms with van der Waals surface area (Å²) in [5, 5.41) is 4.00. The average Bonchev–Trinajstić information content (AvgIpc) is 3.14. The summed E-state index contributed by atoms with van der Waals surface area (Å²) in [6.45, 7) is 0.329. The molecule has 23 heavy (non-hydrogen) atoms. The molecule has 3 rings (SSSR count). The first-order chi connectivity index (χ1) is 11.3. The molecule has 0 bridgehead atoms. The molecule has 0 saturated heterocycles. The molecule has 7 nitrogen and oxygen atoms in total. The van der Waals surface area contributed by atoms with Crippen LogP contribution in [0, 0.1) is 0 Å². The van der Waals surface area contributed by atoms with E-state index >= 15 is 0 Å². The number of aromatic nitrogens is 4. The number of hydrogen-bond donors (Lipinski definition) is 0. The van der Waals surface area contributed by atoms with E-state index in [1.165, 1.54) is 13.4 Å². The molecule has 7 heteroatoms. The maximum Gasteiger partial charge on any atom is 0.337 e. The van der Waals surface area contributed by atoms with E-state index in [4.69, 9.17) is 9.47 Å². The third kappa shape index (κ3) is 3.52. The molecule has 0 atom stereocenters. The van der Waals surface area contributed by atoms with Crippen LogP contribution in [0.25, 0.3) is 5.82 Å². The highest BCUT2D eigenvalue weighted by Crippen LogP contribution is 2.14. The van der Waals surface area contributed by atoms with Gasteiger partial charge in [0.15, 0.2) is 5.82 Å². The molecular weight excluding hydrogens is 296 g/mol. The zero-order valence-electron chi connectivity index (χ0n) is 12.4. The number of nitrogens with zero attached hydrogens (tertiary/aromatic N) is 4. The lowest BCUT2D eigenvalue weighted by molar-refractivity contribution is 0.0600. The number of benzene rings is 1.